The number of hydrogen-bond acceptors (Lipinski definition) is 6. The van der Waals surface area contributed by atoms with E-state index >= 15 is 0 Å². The van der Waals surface area contributed by atoms with E-state index in [1.54, 1.807) is 4.57 Å². The van der Waals surface area contributed by atoms with Crippen LogP contribution in [0.5, 0.6) is 0 Å². The Morgan fingerprint density at radius 1 is 1.10 bits per heavy atom. The predicted molar refractivity (Wildman–Crippen MR) is 121 cm³/mol. The lowest BCUT2D eigenvalue weighted by Crippen LogP contribution is -2.35. The van der Waals surface area contributed by atoms with E-state index in [1.807, 2.05) is 36.1 Å². The highest BCUT2D eigenvalue weighted by atomic mass is 32.1. The first-order valence-electron chi connectivity index (χ1n) is 10.6. The number of carbonyl (C=O) groups is 1. The lowest BCUT2D eigenvalue weighted by Gasteiger charge is -2.23. The molecule has 5 rings (SSSR count). The molecule has 1 fully saturated rings. The van der Waals surface area contributed by atoms with Crippen molar-refractivity contribution in [3.05, 3.63) is 56.4 Å². The summed E-state index contributed by atoms with van der Waals surface area (Å²) in [5.74, 6) is 0.831. The largest absolute Gasteiger partial charge is 0.370 e. The van der Waals surface area contributed by atoms with Gasteiger partial charge in [0.05, 0.1) is 21.9 Å². The molecular formula is C23H23N5O2S. The minimum absolute atomic E-state index is 0.00634. The van der Waals surface area contributed by atoms with Gasteiger partial charge in [0.15, 0.2) is 0 Å². The zero-order valence-electron chi connectivity index (χ0n) is 17.4. The van der Waals surface area contributed by atoms with Gasteiger partial charge in [-0.2, -0.15) is 5.26 Å². The van der Waals surface area contributed by atoms with Crippen LogP contribution >= 0.6 is 11.3 Å². The summed E-state index contributed by atoms with van der Waals surface area (Å²) in [7, 11) is 0. The monoisotopic (exact) mass is 433 g/mol. The van der Waals surface area contributed by atoms with E-state index in [-0.39, 0.29) is 11.5 Å². The van der Waals surface area contributed by atoms with E-state index in [2.05, 4.69) is 16.0 Å². The second-order valence-electron chi connectivity index (χ2n) is 8.12. The maximum atomic E-state index is 13.4. The Hall–Kier alpha value is -3.18. The standard InChI is InChI=1S/C23H23N5O2S/c1-15-19-21(25-18-4-2-11-28(18)22(19)29)31-20(15)23(30)27-10-3-9-26(12-13-27)17-7-5-16(14-24)6-8-17/h5-8H,2-4,9-13H2,1H3. The third-order valence-electron chi connectivity index (χ3n) is 6.25. The lowest BCUT2D eigenvalue weighted by atomic mass is 10.2. The van der Waals surface area contributed by atoms with Gasteiger partial charge in [0.1, 0.15) is 10.7 Å². The number of nitrogens with zero attached hydrogens (tertiary/aromatic N) is 5. The molecule has 0 atom stereocenters. The number of anilines is 1. The van der Waals surface area contributed by atoms with Crippen molar-refractivity contribution in [3.63, 3.8) is 0 Å². The van der Waals surface area contributed by atoms with Gasteiger partial charge in [-0.05, 0) is 49.6 Å². The van der Waals surface area contributed by atoms with Crippen LogP contribution in [0.15, 0.2) is 29.1 Å². The Morgan fingerprint density at radius 2 is 1.90 bits per heavy atom. The summed E-state index contributed by atoms with van der Waals surface area (Å²) in [4.78, 5) is 36.5. The lowest BCUT2D eigenvalue weighted by molar-refractivity contribution is 0.0771. The third-order valence-corrected chi connectivity index (χ3v) is 7.42. The molecule has 8 heteroatoms. The normalized spacial score (nSPS) is 16.3. The fraction of sp³-hybridized carbons (Fsp3) is 0.391. The van der Waals surface area contributed by atoms with Gasteiger partial charge in [-0.1, -0.05) is 0 Å². The van der Waals surface area contributed by atoms with Crippen LogP contribution in [0.3, 0.4) is 0 Å². The molecule has 0 spiro atoms. The van der Waals surface area contributed by atoms with Gasteiger partial charge in [-0.25, -0.2) is 4.98 Å². The molecule has 31 heavy (non-hydrogen) atoms. The molecule has 1 amide bonds. The van der Waals surface area contributed by atoms with Gasteiger partial charge in [0.25, 0.3) is 11.5 Å². The molecule has 1 aromatic carbocycles. The number of aryl methyl sites for hydroxylation is 2. The molecule has 2 aliphatic rings. The van der Waals surface area contributed by atoms with Crippen molar-refractivity contribution in [1.82, 2.24) is 14.5 Å². The van der Waals surface area contributed by atoms with E-state index in [1.165, 1.54) is 11.3 Å². The summed E-state index contributed by atoms with van der Waals surface area (Å²) in [6.07, 6.45) is 2.64. The van der Waals surface area contributed by atoms with Crippen molar-refractivity contribution in [2.75, 3.05) is 31.1 Å². The molecule has 0 saturated carbocycles. The van der Waals surface area contributed by atoms with Crippen molar-refractivity contribution >= 4 is 33.1 Å². The van der Waals surface area contributed by atoms with Gasteiger partial charge in [0, 0.05) is 44.8 Å². The van der Waals surface area contributed by atoms with Crippen LogP contribution in [0.25, 0.3) is 10.2 Å². The van der Waals surface area contributed by atoms with Crippen LogP contribution in [0, 0.1) is 18.3 Å². The number of fused-ring (bicyclic) bond motifs is 2. The second kappa shape index (κ2) is 7.82. The fourth-order valence-corrected chi connectivity index (χ4v) is 5.71. The molecule has 2 aromatic heterocycles. The number of amides is 1. The average molecular weight is 434 g/mol. The molecule has 4 heterocycles. The van der Waals surface area contributed by atoms with Crippen molar-refractivity contribution in [2.45, 2.75) is 32.7 Å². The van der Waals surface area contributed by atoms with Crippen LogP contribution in [0.4, 0.5) is 5.69 Å². The number of benzene rings is 1. The van der Waals surface area contributed by atoms with Gasteiger partial charge in [-0.3, -0.25) is 14.2 Å². The first-order chi connectivity index (χ1) is 15.1. The molecule has 0 bridgehead atoms. The highest BCUT2D eigenvalue weighted by Crippen LogP contribution is 2.30. The first kappa shape index (κ1) is 19.8. The fourth-order valence-electron chi connectivity index (χ4n) is 4.55. The van der Waals surface area contributed by atoms with Crippen LogP contribution in [-0.2, 0) is 13.0 Å². The van der Waals surface area contributed by atoms with Crippen molar-refractivity contribution in [3.8, 4) is 6.07 Å². The smallest absolute Gasteiger partial charge is 0.264 e. The first-order valence-corrected chi connectivity index (χ1v) is 11.5. The quantitative estimate of drug-likeness (QED) is 0.621. The van der Waals surface area contributed by atoms with Crippen LogP contribution < -0.4 is 10.5 Å². The summed E-state index contributed by atoms with van der Waals surface area (Å²) >= 11 is 1.35. The predicted octanol–water partition coefficient (Wildman–Crippen LogP) is 2.94. The summed E-state index contributed by atoms with van der Waals surface area (Å²) in [6.45, 7) is 5.48. The average Bonchev–Trinajstić information content (AvgIpc) is 3.30. The van der Waals surface area contributed by atoms with Crippen LogP contribution in [0.1, 0.15) is 39.5 Å². The molecule has 0 radical (unpaired) electrons. The number of carbonyl (C=O) groups excluding carboxylic acids is 1. The zero-order valence-corrected chi connectivity index (χ0v) is 18.2. The highest BCUT2D eigenvalue weighted by molar-refractivity contribution is 7.20. The number of nitriles is 1. The van der Waals surface area contributed by atoms with E-state index < -0.39 is 0 Å². The summed E-state index contributed by atoms with van der Waals surface area (Å²) in [6, 6.07) is 9.72. The van der Waals surface area contributed by atoms with Crippen molar-refractivity contribution in [2.24, 2.45) is 0 Å². The molecule has 0 unspecified atom stereocenters. The Morgan fingerprint density at radius 3 is 2.68 bits per heavy atom. The minimum Gasteiger partial charge on any atom is -0.370 e. The molecule has 7 nitrogen and oxygen atoms in total. The minimum atomic E-state index is -0.00765. The number of rotatable bonds is 2. The Bertz CT molecular complexity index is 1270. The molecule has 0 N–H and O–H groups in total. The number of aromatic nitrogens is 2. The van der Waals surface area contributed by atoms with Crippen molar-refractivity contribution < 1.29 is 4.79 Å². The van der Waals surface area contributed by atoms with E-state index in [0.29, 0.717) is 40.3 Å². The zero-order chi connectivity index (χ0) is 21.5. The van der Waals surface area contributed by atoms with E-state index in [4.69, 9.17) is 5.26 Å². The Balaban J connectivity index is 1.38. The summed E-state index contributed by atoms with van der Waals surface area (Å²) in [5.41, 5.74) is 2.47. The second-order valence-corrected chi connectivity index (χ2v) is 9.12. The SMILES string of the molecule is Cc1c(C(=O)N2CCCN(c3ccc(C#N)cc3)CC2)sc2nc3n(c(=O)c12)CCC3. The topological polar surface area (TPSA) is 82.2 Å². The highest BCUT2D eigenvalue weighted by Gasteiger charge is 2.27. The molecule has 158 valence electrons. The maximum absolute atomic E-state index is 13.4. The summed E-state index contributed by atoms with van der Waals surface area (Å²) in [5, 5.41) is 9.60. The summed E-state index contributed by atoms with van der Waals surface area (Å²) < 4.78 is 1.76. The van der Waals surface area contributed by atoms with Crippen LogP contribution in [-0.4, -0.2) is 46.5 Å². The third kappa shape index (κ3) is 3.39. The van der Waals surface area contributed by atoms with Crippen molar-refractivity contribution in [1.29, 1.82) is 5.26 Å². The van der Waals surface area contributed by atoms with Gasteiger partial charge in [0.2, 0.25) is 0 Å². The number of thiophene rings is 1. The molecule has 3 aromatic rings. The Kier molecular flexibility index (Phi) is 4.98. The van der Waals surface area contributed by atoms with Gasteiger partial charge >= 0.3 is 0 Å². The van der Waals surface area contributed by atoms with Gasteiger partial charge < -0.3 is 9.80 Å². The van der Waals surface area contributed by atoms with Crippen LogP contribution in [0.2, 0.25) is 0 Å². The molecular weight excluding hydrogens is 410 g/mol. The Labute approximate surface area is 184 Å². The maximum Gasteiger partial charge on any atom is 0.264 e. The van der Waals surface area contributed by atoms with E-state index in [9.17, 15) is 9.59 Å². The molecule has 0 aliphatic carbocycles. The number of hydrogen-bond donors (Lipinski definition) is 0. The molecule has 2 aliphatic heterocycles. The molecule has 1 saturated heterocycles. The van der Waals surface area contributed by atoms with Gasteiger partial charge in [-0.15, -0.1) is 11.3 Å². The van der Waals surface area contributed by atoms with E-state index in [0.717, 1.165) is 49.4 Å².